The highest BCUT2D eigenvalue weighted by Crippen LogP contribution is 2.78. The second kappa shape index (κ2) is 5.42. The minimum atomic E-state index is -0.172. The second-order valence-corrected chi connectivity index (χ2v) is 9.02. The number of rotatable bonds is 4. The van der Waals surface area contributed by atoms with Crippen LogP contribution in [0.15, 0.2) is 30.3 Å². The number of benzene rings is 1. The zero-order valence-electron chi connectivity index (χ0n) is 15.3. The van der Waals surface area contributed by atoms with Crippen molar-refractivity contribution in [3.8, 4) is 0 Å². The molecule has 3 fully saturated rings. The van der Waals surface area contributed by atoms with E-state index in [1.165, 1.54) is 24.8 Å². The number of ketones is 1. The molecule has 0 bridgehead atoms. The fourth-order valence-electron chi connectivity index (χ4n) is 7.18. The monoisotopic (exact) mass is 326 g/mol. The SMILES string of the molecule is C[C@@H]1CC(=O)[C@@]2(C)C(COCc3ccccc3)C[C@]3(C)CCC[C@@]132. The lowest BCUT2D eigenvalue weighted by molar-refractivity contribution is -0.133. The van der Waals surface area contributed by atoms with Crippen LogP contribution in [0.5, 0.6) is 0 Å². The van der Waals surface area contributed by atoms with Gasteiger partial charge in [-0.2, -0.15) is 0 Å². The van der Waals surface area contributed by atoms with Gasteiger partial charge in [-0.15, -0.1) is 0 Å². The third-order valence-electron chi connectivity index (χ3n) is 8.16. The van der Waals surface area contributed by atoms with Crippen molar-refractivity contribution in [2.45, 2.75) is 59.5 Å². The lowest BCUT2D eigenvalue weighted by Crippen LogP contribution is -2.45. The van der Waals surface area contributed by atoms with Crippen LogP contribution in [0.25, 0.3) is 0 Å². The summed E-state index contributed by atoms with van der Waals surface area (Å²) >= 11 is 0. The van der Waals surface area contributed by atoms with E-state index in [2.05, 4.69) is 45.0 Å². The van der Waals surface area contributed by atoms with Gasteiger partial charge in [0.25, 0.3) is 0 Å². The quantitative estimate of drug-likeness (QED) is 0.777. The largest absolute Gasteiger partial charge is 0.376 e. The molecular formula is C22H30O2. The normalized spacial score (nSPS) is 43.9. The third kappa shape index (κ3) is 1.89. The molecule has 24 heavy (non-hydrogen) atoms. The molecule has 0 saturated heterocycles. The molecule has 5 atom stereocenters. The van der Waals surface area contributed by atoms with Gasteiger partial charge in [0.2, 0.25) is 0 Å². The summed E-state index contributed by atoms with van der Waals surface area (Å²) < 4.78 is 6.12. The molecule has 1 aromatic carbocycles. The van der Waals surface area contributed by atoms with Crippen LogP contribution < -0.4 is 0 Å². The Morgan fingerprint density at radius 1 is 1.17 bits per heavy atom. The Bertz CT molecular complexity index is 639. The summed E-state index contributed by atoms with van der Waals surface area (Å²) in [6.07, 6.45) is 5.76. The number of ether oxygens (including phenoxy) is 1. The molecule has 0 amide bonds. The molecule has 3 saturated carbocycles. The molecule has 0 aromatic heterocycles. The fourth-order valence-corrected chi connectivity index (χ4v) is 7.18. The van der Waals surface area contributed by atoms with Crippen LogP contribution in [0.3, 0.4) is 0 Å². The molecule has 3 aliphatic rings. The van der Waals surface area contributed by atoms with Crippen LogP contribution in [-0.2, 0) is 16.1 Å². The van der Waals surface area contributed by atoms with Gasteiger partial charge < -0.3 is 4.74 Å². The molecular weight excluding hydrogens is 296 g/mol. The van der Waals surface area contributed by atoms with Crippen LogP contribution in [-0.4, -0.2) is 12.4 Å². The van der Waals surface area contributed by atoms with Crippen molar-refractivity contribution in [2.75, 3.05) is 6.61 Å². The van der Waals surface area contributed by atoms with E-state index in [4.69, 9.17) is 4.74 Å². The number of Topliss-reactive ketones (excluding diaryl/α,β-unsaturated/α-hetero) is 1. The Morgan fingerprint density at radius 2 is 1.92 bits per heavy atom. The zero-order chi connectivity index (χ0) is 17.0. The summed E-state index contributed by atoms with van der Waals surface area (Å²) in [6.45, 7) is 8.46. The number of hydrogen-bond donors (Lipinski definition) is 0. The number of carbonyl (C=O) groups is 1. The molecule has 2 heteroatoms. The Kier molecular flexibility index (Phi) is 3.69. The van der Waals surface area contributed by atoms with E-state index in [1.807, 2.05) is 6.07 Å². The maximum Gasteiger partial charge on any atom is 0.139 e. The first-order chi connectivity index (χ1) is 11.4. The van der Waals surface area contributed by atoms with Gasteiger partial charge in [-0.05, 0) is 47.5 Å². The average molecular weight is 326 g/mol. The van der Waals surface area contributed by atoms with E-state index in [9.17, 15) is 4.79 Å². The topological polar surface area (TPSA) is 26.3 Å². The van der Waals surface area contributed by atoms with Crippen LogP contribution >= 0.6 is 0 Å². The number of hydrogen-bond acceptors (Lipinski definition) is 2. The van der Waals surface area contributed by atoms with Gasteiger partial charge in [0.1, 0.15) is 5.78 Å². The molecule has 0 aliphatic heterocycles. The molecule has 0 N–H and O–H groups in total. The molecule has 130 valence electrons. The van der Waals surface area contributed by atoms with E-state index < -0.39 is 0 Å². The van der Waals surface area contributed by atoms with Crippen molar-refractivity contribution in [3.05, 3.63) is 35.9 Å². The molecule has 1 aromatic rings. The Morgan fingerprint density at radius 3 is 2.67 bits per heavy atom. The van der Waals surface area contributed by atoms with Gasteiger partial charge in [-0.1, -0.05) is 57.5 Å². The van der Waals surface area contributed by atoms with Crippen LogP contribution in [0.2, 0.25) is 0 Å². The standard InChI is InChI=1S/C22H30O2/c1-16-12-19(23)21(3)18(13-20(2)10-7-11-22(16,20)21)15-24-14-17-8-5-4-6-9-17/h4-6,8-9,16,18H,7,10-15H2,1-3H3/t16-,18?,20+,21-,22-/m1/s1. The molecule has 0 radical (unpaired) electrons. The highest BCUT2D eigenvalue weighted by atomic mass is 16.5. The summed E-state index contributed by atoms with van der Waals surface area (Å²) in [5.41, 5.74) is 1.59. The van der Waals surface area contributed by atoms with Crippen LogP contribution in [0.4, 0.5) is 0 Å². The lowest BCUT2D eigenvalue weighted by Gasteiger charge is -2.46. The summed E-state index contributed by atoms with van der Waals surface area (Å²) in [5, 5.41) is 0. The Hall–Kier alpha value is -1.15. The van der Waals surface area contributed by atoms with Gasteiger partial charge in [-0.25, -0.2) is 0 Å². The summed E-state index contributed by atoms with van der Waals surface area (Å²) in [5.74, 6) is 1.42. The lowest BCUT2D eigenvalue weighted by atomic mass is 9.56. The highest BCUT2D eigenvalue weighted by Gasteiger charge is 2.75. The minimum Gasteiger partial charge on any atom is -0.376 e. The van der Waals surface area contributed by atoms with Gasteiger partial charge in [0.05, 0.1) is 13.2 Å². The predicted octanol–water partition coefficient (Wildman–Crippen LogP) is 5.01. The first-order valence-electron chi connectivity index (χ1n) is 9.59. The van der Waals surface area contributed by atoms with Crippen molar-refractivity contribution < 1.29 is 9.53 Å². The number of carbonyl (C=O) groups excluding carboxylic acids is 1. The van der Waals surface area contributed by atoms with Gasteiger partial charge in [0.15, 0.2) is 0 Å². The zero-order valence-corrected chi connectivity index (χ0v) is 15.3. The molecule has 1 spiro atoms. The minimum absolute atomic E-state index is 0.172. The van der Waals surface area contributed by atoms with E-state index in [-0.39, 0.29) is 10.8 Å². The molecule has 1 unspecified atom stereocenters. The van der Waals surface area contributed by atoms with Gasteiger partial charge in [-0.3, -0.25) is 4.79 Å². The van der Waals surface area contributed by atoms with Crippen molar-refractivity contribution in [2.24, 2.45) is 28.1 Å². The second-order valence-electron chi connectivity index (χ2n) is 9.02. The van der Waals surface area contributed by atoms with E-state index in [1.54, 1.807) is 0 Å². The average Bonchev–Trinajstić information content (AvgIpc) is 3.07. The van der Waals surface area contributed by atoms with Crippen molar-refractivity contribution in [1.29, 1.82) is 0 Å². The van der Waals surface area contributed by atoms with E-state index in [0.717, 1.165) is 19.4 Å². The Labute approximate surface area is 146 Å². The van der Waals surface area contributed by atoms with Crippen molar-refractivity contribution in [1.82, 2.24) is 0 Å². The summed E-state index contributed by atoms with van der Waals surface area (Å²) in [7, 11) is 0. The van der Waals surface area contributed by atoms with Gasteiger partial charge >= 0.3 is 0 Å². The molecule has 2 nitrogen and oxygen atoms in total. The van der Waals surface area contributed by atoms with Gasteiger partial charge in [0, 0.05) is 11.8 Å². The molecule has 0 heterocycles. The molecule has 3 aliphatic carbocycles. The summed E-state index contributed by atoms with van der Waals surface area (Å²) in [4.78, 5) is 13.1. The van der Waals surface area contributed by atoms with E-state index >= 15 is 0 Å². The predicted molar refractivity (Wildman–Crippen MR) is 95.5 cm³/mol. The molecule has 4 rings (SSSR count). The van der Waals surface area contributed by atoms with E-state index in [0.29, 0.717) is 29.6 Å². The summed E-state index contributed by atoms with van der Waals surface area (Å²) in [6, 6.07) is 10.4. The third-order valence-corrected chi connectivity index (χ3v) is 8.16. The first-order valence-corrected chi connectivity index (χ1v) is 9.59. The van der Waals surface area contributed by atoms with Crippen LogP contribution in [0, 0.1) is 28.1 Å². The highest BCUT2D eigenvalue weighted by molar-refractivity contribution is 5.89. The smallest absolute Gasteiger partial charge is 0.139 e. The van der Waals surface area contributed by atoms with Crippen molar-refractivity contribution in [3.63, 3.8) is 0 Å². The van der Waals surface area contributed by atoms with Crippen LogP contribution in [0.1, 0.15) is 58.4 Å². The van der Waals surface area contributed by atoms with Crippen molar-refractivity contribution >= 4 is 5.78 Å². The fraction of sp³-hybridized carbons (Fsp3) is 0.682. The maximum atomic E-state index is 13.1. The maximum absolute atomic E-state index is 13.1. The Balaban J connectivity index is 1.56. The first kappa shape index (κ1) is 16.3.